The molecular weight excluding hydrogens is 735 g/mol. The monoisotopic (exact) mass is 783 g/mol. The first-order chi connectivity index (χ1) is 28.1. The summed E-state index contributed by atoms with van der Waals surface area (Å²) in [6.07, 6.45) is -2.08. The number of carbonyl (C=O) groups is 3. The zero-order chi connectivity index (χ0) is 40.6. The standard InChI is InChI=1S/C47H49N3O8/c1-31(44(53)37-13-7-4-8-14-37)49(2)28-40-25-42(36-18-16-32(29-51)17-19-36)58-46(57-40)38-22-20-35(21-23-38)39-15-9-12-34(24-39)27-50-43(52)26-41(45(50)54)48-47(55)56-30-33-10-5-3-6-11-33/h3-24,31,40-42,44,46,51,53H,25-30H2,1-2H3,(H,48,55)/t31-,40+,41?,42-,44-,46-/m1/s1. The molecule has 0 spiro atoms. The smallest absolute Gasteiger partial charge is 0.408 e. The van der Waals surface area contributed by atoms with E-state index < -0.39 is 30.4 Å². The van der Waals surface area contributed by atoms with Gasteiger partial charge in [-0.05, 0) is 59.0 Å². The van der Waals surface area contributed by atoms with E-state index in [1.807, 2.05) is 147 Å². The molecular formula is C47H49N3O8. The van der Waals surface area contributed by atoms with Crippen molar-refractivity contribution < 1.29 is 38.8 Å². The Morgan fingerprint density at radius 1 is 0.828 bits per heavy atom. The van der Waals surface area contributed by atoms with Gasteiger partial charge >= 0.3 is 6.09 Å². The van der Waals surface area contributed by atoms with Crippen LogP contribution >= 0.6 is 0 Å². The van der Waals surface area contributed by atoms with Gasteiger partial charge in [-0.1, -0.05) is 127 Å². The Hall–Kier alpha value is -5.69. The number of aliphatic hydroxyl groups excluding tert-OH is 2. The van der Waals surface area contributed by atoms with Gasteiger partial charge in [0.1, 0.15) is 12.6 Å². The molecule has 3 amide bonds. The molecule has 5 aromatic rings. The maximum absolute atomic E-state index is 13.2. The number of aliphatic hydroxyl groups is 2. The van der Waals surface area contributed by atoms with E-state index in [-0.39, 0.29) is 50.3 Å². The van der Waals surface area contributed by atoms with E-state index in [9.17, 15) is 24.6 Å². The zero-order valence-corrected chi connectivity index (χ0v) is 32.6. The molecule has 2 heterocycles. The van der Waals surface area contributed by atoms with Crippen LogP contribution in [0.1, 0.15) is 71.6 Å². The van der Waals surface area contributed by atoms with Gasteiger partial charge in [0, 0.05) is 24.6 Å². The minimum atomic E-state index is -0.987. The van der Waals surface area contributed by atoms with E-state index in [1.165, 1.54) is 4.90 Å². The number of hydrogen-bond donors (Lipinski definition) is 3. The van der Waals surface area contributed by atoms with Crippen molar-refractivity contribution in [2.24, 2.45) is 0 Å². The Labute approximate surface area is 338 Å². The van der Waals surface area contributed by atoms with Crippen LogP contribution < -0.4 is 5.32 Å². The second-order valence-electron chi connectivity index (χ2n) is 15.0. The fraction of sp³-hybridized carbons (Fsp3) is 0.298. The summed E-state index contributed by atoms with van der Waals surface area (Å²) in [5.74, 6) is -0.840. The molecule has 58 heavy (non-hydrogen) atoms. The summed E-state index contributed by atoms with van der Waals surface area (Å²) in [6.45, 7) is 2.66. The fourth-order valence-corrected chi connectivity index (χ4v) is 7.42. The summed E-state index contributed by atoms with van der Waals surface area (Å²) >= 11 is 0. The number of alkyl carbamates (subject to hydrolysis) is 1. The molecule has 7 rings (SSSR count). The molecule has 2 aliphatic rings. The molecule has 0 saturated carbocycles. The number of imide groups is 1. The summed E-state index contributed by atoms with van der Waals surface area (Å²) < 4.78 is 18.5. The third kappa shape index (κ3) is 9.87. The van der Waals surface area contributed by atoms with Crippen molar-refractivity contribution in [2.45, 2.75) is 76.2 Å². The summed E-state index contributed by atoms with van der Waals surface area (Å²) in [4.78, 5) is 41.8. The Kier molecular flexibility index (Phi) is 13.1. The topological polar surface area (TPSA) is 138 Å². The normalized spacial score (nSPS) is 20.5. The minimum absolute atomic E-state index is 0.0395. The second kappa shape index (κ2) is 18.7. The zero-order valence-electron chi connectivity index (χ0n) is 32.6. The highest BCUT2D eigenvalue weighted by atomic mass is 16.7. The second-order valence-corrected chi connectivity index (χ2v) is 15.0. The van der Waals surface area contributed by atoms with Crippen LogP contribution in [0.2, 0.25) is 0 Å². The molecule has 0 aliphatic carbocycles. The molecule has 2 saturated heterocycles. The van der Waals surface area contributed by atoms with E-state index in [0.717, 1.165) is 44.5 Å². The van der Waals surface area contributed by atoms with Gasteiger partial charge in [0.2, 0.25) is 5.91 Å². The highest BCUT2D eigenvalue weighted by Gasteiger charge is 2.40. The molecule has 3 N–H and O–H groups in total. The average Bonchev–Trinajstić information content (AvgIpc) is 3.52. The summed E-state index contributed by atoms with van der Waals surface area (Å²) in [5, 5.41) is 23.3. The van der Waals surface area contributed by atoms with Crippen molar-refractivity contribution >= 4 is 17.9 Å². The lowest BCUT2D eigenvalue weighted by Gasteiger charge is -2.39. The minimum Gasteiger partial charge on any atom is -0.445 e. The third-order valence-corrected chi connectivity index (χ3v) is 10.9. The number of benzene rings is 5. The first-order valence-electron chi connectivity index (χ1n) is 19.6. The van der Waals surface area contributed by atoms with Gasteiger partial charge in [-0.25, -0.2) is 4.79 Å². The summed E-state index contributed by atoms with van der Waals surface area (Å²) in [5.41, 5.74) is 6.93. The lowest BCUT2D eigenvalue weighted by Crippen LogP contribution is -2.43. The molecule has 300 valence electrons. The predicted molar refractivity (Wildman–Crippen MR) is 218 cm³/mol. The van der Waals surface area contributed by atoms with Gasteiger partial charge < -0.3 is 29.7 Å². The fourth-order valence-electron chi connectivity index (χ4n) is 7.42. The van der Waals surface area contributed by atoms with Gasteiger partial charge in [0.25, 0.3) is 5.91 Å². The van der Waals surface area contributed by atoms with Crippen LogP contribution in [0.25, 0.3) is 11.1 Å². The highest BCUT2D eigenvalue weighted by molar-refractivity contribution is 6.06. The van der Waals surface area contributed by atoms with E-state index in [4.69, 9.17) is 14.2 Å². The maximum atomic E-state index is 13.2. The number of ether oxygens (including phenoxy) is 3. The van der Waals surface area contributed by atoms with Gasteiger partial charge in [0.15, 0.2) is 6.29 Å². The van der Waals surface area contributed by atoms with Crippen molar-refractivity contribution in [3.63, 3.8) is 0 Å². The molecule has 11 nitrogen and oxygen atoms in total. The van der Waals surface area contributed by atoms with Crippen LogP contribution in [0.4, 0.5) is 4.79 Å². The van der Waals surface area contributed by atoms with Crippen molar-refractivity contribution in [2.75, 3.05) is 13.6 Å². The molecule has 0 radical (unpaired) electrons. The quantitative estimate of drug-likeness (QED) is 0.102. The highest BCUT2D eigenvalue weighted by Crippen LogP contribution is 2.39. The van der Waals surface area contributed by atoms with E-state index in [1.54, 1.807) is 0 Å². The maximum Gasteiger partial charge on any atom is 0.408 e. The van der Waals surface area contributed by atoms with Gasteiger partial charge in [-0.2, -0.15) is 0 Å². The Morgan fingerprint density at radius 2 is 1.50 bits per heavy atom. The number of likely N-dealkylation sites (N-methyl/N-ethyl adjacent to an activating group) is 1. The van der Waals surface area contributed by atoms with Crippen molar-refractivity contribution in [3.05, 3.63) is 167 Å². The molecule has 5 aromatic carbocycles. The predicted octanol–water partition coefficient (Wildman–Crippen LogP) is 7.00. The van der Waals surface area contributed by atoms with Crippen LogP contribution in [-0.4, -0.2) is 69.7 Å². The molecule has 1 unspecified atom stereocenters. The molecule has 0 bridgehead atoms. The third-order valence-electron chi connectivity index (χ3n) is 10.9. The van der Waals surface area contributed by atoms with Gasteiger partial charge in [-0.3, -0.25) is 19.4 Å². The Morgan fingerprint density at radius 3 is 2.21 bits per heavy atom. The first-order valence-corrected chi connectivity index (χ1v) is 19.6. The average molecular weight is 784 g/mol. The number of nitrogens with zero attached hydrogens (tertiary/aromatic N) is 2. The number of nitrogens with one attached hydrogen (secondary N) is 1. The van der Waals surface area contributed by atoms with Gasteiger partial charge in [0.05, 0.1) is 37.9 Å². The number of likely N-dealkylation sites (tertiary alicyclic amines) is 1. The number of carbonyl (C=O) groups excluding carboxylic acids is 3. The number of rotatable bonds is 14. The van der Waals surface area contributed by atoms with Crippen molar-refractivity contribution in [1.29, 1.82) is 0 Å². The van der Waals surface area contributed by atoms with E-state index in [2.05, 4.69) is 10.2 Å². The number of hydrogen-bond acceptors (Lipinski definition) is 9. The van der Waals surface area contributed by atoms with Crippen LogP contribution in [0.3, 0.4) is 0 Å². The molecule has 11 heteroatoms. The Bertz CT molecular complexity index is 2150. The Balaban J connectivity index is 1.01. The van der Waals surface area contributed by atoms with Crippen molar-refractivity contribution in [1.82, 2.24) is 15.1 Å². The first kappa shape index (κ1) is 40.5. The molecule has 2 fully saturated rings. The van der Waals surface area contributed by atoms with E-state index >= 15 is 0 Å². The lowest BCUT2D eigenvalue weighted by molar-refractivity contribution is -0.253. The summed E-state index contributed by atoms with van der Waals surface area (Å²) in [6, 6.07) is 41.1. The molecule has 6 atom stereocenters. The van der Waals surface area contributed by atoms with Gasteiger partial charge in [-0.15, -0.1) is 0 Å². The SMILES string of the molecule is C[C@H]([C@@H](O)c1ccccc1)N(C)C[C@@H]1C[C@H](c2ccc(CO)cc2)O[C@H](c2ccc(-c3cccc(CN4C(=O)CC(NC(=O)OCc5ccccc5)C4=O)c3)cc2)O1. The van der Waals surface area contributed by atoms with Crippen LogP contribution in [0.5, 0.6) is 0 Å². The molecule has 0 aromatic heterocycles. The summed E-state index contributed by atoms with van der Waals surface area (Å²) in [7, 11) is 1.99. The van der Waals surface area contributed by atoms with Crippen LogP contribution in [0, 0.1) is 0 Å². The number of amides is 3. The van der Waals surface area contributed by atoms with Crippen molar-refractivity contribution in [3.8, 4) is 11.1 Å². The lowest BCUT2D eigenvalue weighted by atomic mass is 9.98. The van der Waals surface area contributed by atoms with Crippen LogP contribution in [0.15, 0.2) is 133 Å². The largest absolute Gasteiger partial charge is 0.445 e. The molecule has 2 aliphatic heterocycles. The van der Waals surface area contributed by atoms with E-state index in [0.29, 0.717) is 13.0 Å². The van der Waals surface area contributed by atoms with Crippen LogP contribution in [-0.2, 0) is 43.6 Å².